The molecule has 0 atom stereocenters. The second-order valence-corrected chi connectivity index (χ2v) is 5.63. The average molecular weight is 288 g/mol. The molecule has 0 bridgehead atoms. The highest BCUT2D eigenvalue weighted by atomic mass is 19.1. The van der Waals surface area contributed by atoms with Gasteiger partial charge in [-0.1, -0.05) is 56.7 Å². The summed E-state index contributed by atoms with van der Waals surface area (Å²) >= 11 is 0. The minimum absolute atomic E-state index is 0.0185. The molecule has 0 saturated heterocycles. The fourth-order valence-electron chi connectivity index (χ4n) is 2.90. The highest BCUT2D eigenvalue weighted by Crippen LogP contribution is 2.44. The molecule has 0 amide bonds. The molecule has 0 heterocycles. The van der Waals surface area contributed by atoms with E-state index in [4.69, 9.17) is 5.11 Å². The Bertz CT molecular complexity index is 510. The largest absolute Gasteiger partial charge is 0.509 e. The lowest BCUT2D eigenvalue weighted by atomic mass is 9.66. The van der Waals surface area contributed by atoms with E-state index in [1.165, 1.54) is 37.0 Å². The Morgan fingerprint density at radius 1 is 1.24 bits per heavy atom. The Morgan fingerprint density at radius 2 is 1.81 bits per heavy atom. The first-order valence-electron chi connectivity index (χ1n) is 7.35. The monoisotopic (exact) mass is 288 g/mol. The maximum atomic E-state index is 13.3. The van der Waals surface area contributed by atoms with Crippen LogP contribution < -0.4 is 0 Å². The van der Waals surface area contributed by atoms with Crippen molar-refractivity contribution in [2.45, 2.75) is 44.4 Å². The quantitative estimate of drug-likeness (QED) is 0.420. The molecule has 0 spiro atoms. The van der Waals surface area contributed by atoms with Gasteiger partial charge in [-0.15, -0.1) is 0 Å². The fraction of sp³-hybridized carbons (Fsp3) is 0.368. The van der Waals surface area contributed by atoms with Gasteiger partial charge in [0, 0.05) is 5.41 Å². The number of aliphatic hydroxyl groups excluding tert-OH is 1. The number of benzene rings is 1. The zero-order valence-corrected chi connectivity index (χ0v) is 12.9. The normalized spacial score (nSPS) is 16.3. The number of hydrogen-bond donors (Lipinski definition) is 1. The second kappa shape index (κ2) is 7.82. The predicted molar refractivity (Wildman–Crippen MR) is 87.9 cm³/mol. The zero-order chi connectivity index (χ0) is 15.9. The van der Waals surface area contributed by atoms with Gasteiger partial charge in [-0.2, -0.15) is 0 Å². The lowest BCUT2D eigenvalue weighted by Crippen LogP contribution is -2.30. The summed E-state index contributed by atoms with van der Waals surface area (Å²) in [4.78, 5) is 0. The lowest BCUT2D eigenvalue weighted by Gasteiger charge is -2.38. The molecule has 114 valence electrons. The molecule has 0 aliphatic heterocycles. The molecular weight excluding hydrogens is 263 g/mol. The van der Waals surface area contributed by atoms with Crippen molar-refractivity contribution in [2.75, 3.05) is 0 Å². The molecule has 0 aromatic heterocycles. The summed E-state index contributed by atoms with van der Waals surface area (Å²) in [6.07, 6.45) is 7.26. The maximum absolute atomic E-state index is 13.3. The van der Waals surface area contributed by atoms with E-state index in [0.29, 0.717) is 0 Å². The van der Waals surface area contributed by atoms with Gasteiger partial charge in [0.25, 0.3) is 0 Å². The standard InChI is InChI=1S/C15H19F.C4H6O/c1-12(2)15(9-4-3-5-10-15)13-7-6-8-14(16)11-13;1-3-4(2)5/h6-8,11H,1,3-5,9-10H2,2H3;3,5H,1-2H2. The molecular formula is C19H25FO. The highest BCUT2D eigenvalue weighted by molar-refractivity contribution is 5.35. The Balaban J connectivity index is 0.000000383. The van der Waals surface area contributed by atoms with Crippen LogP contribution in [0.2, 0.25) is 0 Å². The van der Waals surface area contributed by atoms with Gasteiger partial charge in [-0.05, 0) is 43.5 Å². The van der Waals surface area contributed by atoms with E-state index in [2.05, 4.69) is 26.7 Å². The van der Waals surface area contributed by atoms with Gasteiger partial charge >= 0.3 is 0 Å². The summed E-state index contributed by atoms with van der Waals surface area (Å²) in [5, 5.41) is 8.05. The Kier molecular flexibility index (Phi) is 6.41. The number of aliphatic hydroxyl groups is 1. The van der Waals surface area contributed by atoms with Crippen molar-refractivity contribution in [3.63, 3.8) is 0 Å². The van der Waals surface area contributed by atoms with E-state index < -0.39 is 0 Å². The second-order valence-electron chi connectivity index (χ2n) is 5.63. The van der Waals surface area contributed by atoms with Crippen LogP contribution in [0.4, 0.5) is 4.39 Å². The molecule has 21 heavy (non-hydrogen) atoms. The van der Waals surface area contributed by atoms with E-state index in [-0.39, 0.29) is 17.0 Å². The molecule has 1 aromatic carbocycles. The van der Waals surface area contributed by atoms with Crippen molar-refractivity contribution in [3.8, 4) is 0 Å². The predicted octanol–water partition coefficient (Wildman–Crippen LogP) is 5.85. The lowest BCUT2D eigenvalue weighted by molar-refractivity contribution is 0.339. The summed E-state index contributed by atoms with van der Waals surface area (Å²) in [5.41, 5.74) is 2.32. The molecule has 2 heteroatoms. The fourth-order valence-corrected chi connectivity index (χ4v) is 2.90. The van der Waals surface area contributed by atoms with Crippen LogP contribution in [-0.2, 0) is 5.41 Å². The van der Waals surface area contributed by atoms with E-state index in [0.717, 1.165) is 18.4 Å². The highest BCUT2D eigenvalue weighted by Gasteiger charge is 2.34. The van der Waals surface area contributed by atoms with Crippen LogP contribution >= 0.6 is 0 Å². The van der Waals surface area contributed by atoms with Crippen LogP contribution in [-0.4, -0.2) is 5.11 Å². The summed E-state index contributed by atoms with van der Waals surface area (Å²) in [5.74, 6) is -0.117. The van der Waals surface area contributed by atoms with E-state index in [1.54, 1.807) is 6.07 Å². The molecule has 2 rings (SSSR count). The minimum atomic E-state index is -0.135. The van der Waals surface area contributed by atoms with Crippen LogP contribution in [0, 0.1) is 5.82 Å². The Labute approximate surface area is 127 Å². The molecule has 0 unspecified atom stereocenters. The smallest absolute Gasteiger partial charge is 0.123 e. The third-order valence-corrected chi connectivity index (χ3v) is 4.14. The Morgan fingerprint density at radius 3 is 2.24 bits per heavy atom. The number of halogens is 1. The number of rotatable bonds is 3. The van der Waals surface area contributed by atoms with Gasteiger partial charge in [0.15, 0.2) is 0 Å². The van der Waals surface area contributed by atoms with Crippen LogP contribution in [0.5, 0.6) is 0 Å². The van der Waals surface area contributed by atoms with Crippen LogP contribution in [0.15, 0.2) is 61.4 Å². The molecule has 1 aliphatic carbocycles. The zero-order valence-electron chi connectivity index (χ0n) is 12.9. The first kappa shape index (κ1) is 17.2. The van der Waals surface area contributed by atoms with Crippen LogP contribution in [0.1, 0.15) is 44.6 Å². The molecule has 1 aliphatic rings. The van der Waals surface area contributed by atoms with Crippen molar-refractivity contribution in [1.82, 2.24) is 0 Å². The van der Waals surface area contributed by atoms with Gasteiger partial charge in [0.2, 0.25) is 0 Å². The molecule has 1 aromatic rings. The van der Waals surface area contributed by atoms with Crippen molar-refractivity contribution < 1.29 is 9.50 Å². The van der Waals surface area contributed by atoms with E-state index >= 15 is 0 Å². The Hall–Kier alpha value is -1.83. The van der Waals surface area contributed by atoms with Crippen LogP contribution in [0.25, 0.3) is 0 Å². The molecule has 1 N–H and O–H groups in total. The third-order valence-electron chi connectivity index (χ3n) is 4.14. The van der Waals surface area contributed by atoms with Gasteiger partial charge in [-0.3, -0.25) is 0 Å². The number of allylic oxidation sites excluding steroid dienone is 2. The van der Waals surface area contributed by atoms with Crippen molar-refractivity contribution in [3.05, 3.63) is 72.8 Å². The minimum Gasteiger partial charge on any atom is -0.509 e. The van der Waals surface area contributed by atoms with Crippen molar-refractivity contribution >= 4 is 0 Å². The van der Waals surface area contributed by atoms with Gasteiger partial charge < -0.3 is 5.11 Å². The molecule has 1 saturated carbocycles. The topological polar surface area (TPSA) is 20.2 Å². The average Bonchev–Trinajstić information content (AvgIpc) is 2.48. The number of hydrogen-bond acceptors (Lipinski definition) is 1. The summed E-state index contributed by atoms with van der Waals surface area (Å²) in [6, 6.07) is 7.05. The molecule has 1 nitrogen and oxygen atoms in total. The molecule has 1 fully saturated rings. The summed E-state index contributed by atoms with van der Waals surface area (Å²) in [7, 11) is 0. The first-order valence-corrected chi connectivity index (χ1v) is 7.35. The van der Waals surface area contributed by atoms with E-state index in [1.807, 2.05) is 12.1 Å². The van der Waals surface area contributed by atoms with E-state index in [9.17, 15) is 4.39 Å². The van der Waals surface area contributed by atoms with Gasteiger partial charge in [0.05, 0.1) is 0 Å². The maximum Gasteiger partial charge on any atom is 0.123 e. The SMILES string of the molecule is C=C(C)C1(c2cccc(F)c2)CCCCC1.C=CC(=C)O. The van der Waals surface area contributed by atoms with Crippen molar-refractivity contribution in [2.24, 2.45) is 0 Å². The van der Waals surface area contributed by atoms with Crippen LogP contribution in [0.3, 0.4) is 0 Å². The third kappa shape index (κ3) is 4.59. The van der Waals surface area contributed by atoms with Crippen molar-refractivity contribution in [1.29, 1.82) is 0 Å². The van der Waals surface area contributed by atoms with Gasteiger partial charge in [0.1, 0.15) is 11.6 Å². The molecule has 0 radical (unpaired) electrons. The van der Waals surface area contributed by atoms with Gasteiger partial charge in [-0.25, -0.2) is 4.39 Å². The first-order chi connectivity index (χ1) is 9.92. The summed E-state index contributed by atoms with van der Waals surface area (Å²) in [6.45, 7) is 12.5. The summed E-state index contributed by atoms with van der Waals surface area (Å²) < 4.78 is 13.3.